The van der Waals surface area contributed by atoms with Gasteiger partial charge in [0.2, 0.25) is 0 Å². The number of methoxy groups -OCH3 is 1. The molecule has 0 unspecified atom stereocenters. The van der Waals surface area contributed by atoms with E-state index in [1.54, 1.807) is 7.11 Å². The van der Waals surface area contributed by atoms with Gasteiger partial charge in [-0.2, -0.15) is 0 Å². The van der Waals surface area contributed by atoms with Gasteiger partial charge in [-0.25, -0.2) is 9.18 Å². The third-order valence-electron chi connectivity index (χ3n) is 2.96. The Kier molecular flexibility index (Phi) is 4.90. The van der Waals surface area contributed by atoms with Crippen LogP contribution in [0.3, 0.4) is 0 Å². The molecule has 0 saturated carbocycles. The normalized spacial score (nSPS) is 10.4. The summed E-state index contributed by atoms with van der Waals surface area (Å²) >= 11 is 0. The van der Waals surface area contributed by atoms with Gasteiger partial charge in [0.1, 0.15) is 11.6 Å². The summed E-state index contributed by atoms with van der Waals surface area (Å²) < 4.78 is 23.7. The highest BCUT2D eigenvalue weighted by Crippen LogP contribution is 2.16. The molecule has 0 bridgehead atoms. The third kappa shape index (κ3) is 4.03. The van der Waals surface area contributed by atoms with Gasteiger partial charge in [0.05, 0.1) is 25.9 Å². The first kappa shape index (κ1) is 15.0. The van der Waals surface area contributed by atoms with Crippen molar-refractivity contribution in [3.8, 4) is 5.75 Å². The summed E-state index contributed by atoms with van der Waals surface area (Å²) in [5.41, 5.74) is 1.26. The molecule has 0 aliphatic rings. The fourth-order valence-electron chi connectivity index (χ4n) is 1.91. The van der Waals surface area contributed by atoms with Crippen molar-refractivity contribution in [1.29, 1.82) is 0 Å². The van der Waals surface area contributed by atoms with E-state index in [-0.39, 0.29) is 12.2 Å². The molecule has 2 aromatic rings. The van der Waals surface area contributed by atoms with Crippen molar-refractivity contribution < 1.29 is 23.8 Å². The first-order chi connectivity index (χ1) is 10.1. The molecular weight excluding hydrogens is 275 g/mol. The number of rotatable bonds is 6. The Morgan fingerprint density at radius 2 is 2.00 bits per heavy atom. The number of carboxylic acid groups (broad SMARTS) is 1. The lowest BCUT2D eigenvalue weighted by Gasteiger charge is -2.08. The van der Waals surface area contributed by atoms with Gasteiger partial charge in [-0.05, 0) is 35.4 Å². The molecule has 0 saturated heterocycles. The van der Waals surface area contributed by atoms with Crippen LogP contribution >= 0.6 is 0 Å². The minimum Gasteiger partial charge on any atom is -0.497 e. The highest BCUT2D eigenvalue weighted by molar-refractivity contribution is 5.89. The van der Waals surface area contributed by atoms with E-state index in [1.165, 1.54) is 12.1 Å². The molecule has 5 heteroatoms. The number of carboxylic acids is 1. The van der Waals surface area contributed by atoms with Crippen molar-refractivity contribution in [3.05, 3.63) is 65.0 Å². The molecule has 2 aromatic carbocycles. The summed E-state index contributed by atoms with van der Waals surface area (Å²) in [6.45, 7) is 0.409. The highest BCUT2D eigenvalue weighted by Gasteiger charge is 2.11. The number of benzene rings is 2. The van der Waals surface area contributed by atoms with Crippen LogP contribution in [0, 0.1) is 5.82 Å². The average Bonchev–Trinajstić information content (AvgIpc) is 2.48. The Hall–Kier alpha value is -2.40. The van der Waals surface area contributed by atoms with Crippen molar-refractivity contribution in [2.24, 2.45) is 0 Å². The Morgan fingerprint density at radius 1 is 1.19 bits per heavy atom. The summed E-state index contributed by atoms with van der Waals surface area (Å²) in [6, 6.07) is 11.0. The molecule has 0 amide bonds. The Labute approximate surface area is 121 Å². The van der Waals surface area contributed by atoms with E-state index in [4.69, 9.17) is 14.6 Å². The van der Waals surface area contributed by atoms with Crippen molar-refractivity contribution in [2.45, 2.75) is 13.2 Å². The number of aromatic carboxylic acids is 1. The van der Waals surface area contributed by atoms with E-state index in [9.17, 15) is 9.18 Å². The number of carbonyl (C=O) groups is 1. The summed E-state index contributed by atoms with van der Waals surface area (Å²) in [4.78, 5) is 11.1. The fourth-order valence-corrected chi connectivity index (χ4v) is 1.91. The molecular formula is C16H15FO4. The van der Waals surface area contributed by atoms with Crippen LogP contribution in [0.1, 0.15) is 21.5 Å². The first-order valence-electron chi connectivity index (χ1n) is 6.32. The Balaban J connectivity index is 2.01. The molecule has 2 rings (SSSR count). The minimum absolute atomic E-state index is 0.0827. The third-order valence-corrected chi connectivity index (χ3v) is 2.96. The van der Waals surface area contributed by atoms with E-state index in [0.717, 1.165) is 17.4 Å². The first-order valence-corrected chi connectivity index (χ1v) is 6.32. The lowest BCUT2D eigenvalue weighted by Crippen LogP contribution is -2.05. The molecule has 0 fully saturated rings. The van der Waals surface area contributed by atoms with E-state index in [1.807, 2.05) is 24.3 Å². The average molecular weight is 290 g/mol. The molecule has 0 spiro atoms. The zero-order valence-electron chi connectivity index (χ0n) is 11.5. The van der Waals surface area contributed by atoms with Crippen LogP contribution in [0.4, 0.5) is 4.39 Å². The van der Waals surface area contributed by atoms with Gasteiger partial charge in [-0.3, -0.25) is 0 Å². The Morgan fingerprint density at radius 3 is 2.71 bits per heavy atom. The largest absolute Gasteiger partial charge is 0.497 e. The maximum absolute atomic E-state index is 13.1. The van der Waals surface area contributed by atoms with Crippen LogP contribution in [0.5, 0.6) is 5.75 Å². The van der Waals surface area contributed by atoms with Crippen LogP contribution in [0.15, 0.2) is 42.5 Å². The van der Waals surface area contributed by atoms with Crippen molar-refractivity contribution in [3.63, 3.8) is 0 Å². The predicted molar refractivity (Wildman–Crippen MR) is 74.8 cm³/mol. The van der Waals surface area contributed by atoms with Gasteiger partial charge in [0, 0.05) is 0 Å². The molecule has 21 heavy (non-hydrogen) atoms. The van der Waals surface area contributed by atoms with E-state index < -0.39 is 11.8 Å². The quantitative estimate of drug-likeness (QED) is 0.887. The molecule has 0 aromatic heterocycles. The summed E-state index contributed by atoms with van der Waals surface area (Å²) in [5, 5.41) is 9.04. The van der Waals surface area contributed by atoms with Gasteiger partial charge >= 0.3 is 5.97 Å². The standard InChI is InChI=1S/C16H15FO4/c1-20-14-4-2-3-11(7-14)9-21-10-12-5-6-13(17)8-15(12)16(18)19/h2-8H,9-10H2,1H3,(H,18,19). The number of halogens is 1. The molecule has 0 atom stereocenters. The predicted octanol–water partition coefficient (Wildman–Crippen LogP) is 3.25. The second kappa shape index (κ2) is 6.85. The summed E-state index contributed by atoms with van der Waals surface area (Å²) in [6.07, 6.45) is 0. The SMILES string of the molecule is COc1cccc(COCc2ccc(F)cc2C(=O)O)c1. The minimum atomic E-state index is -1.17. The maximum atomic E-state index is 13.1. The zero-order valence-corrected chi connectivity index (χ0v) is 11.5. The summed E-state index contributed by atoms with van der Waals surface area (Å²) in [7, 11) is 1.58. The molecule has 4 nitrogen and oxygen atoms in total. The second-order valence-corrected chi connectivity index (χ2v) is 4.45. The zero-order chi connectivity index (χ0) is 15.2. The van der Waals surface area contributed by atoms with Gasteiger partial charge < -0.3 is 14.6 Å². The second-order valence-electron chi connectivity index (χ2n) is 4.45. The molecule has 0 heterocycles. The van der Waals surface area contributed by atoms with Crippen molar-refractivity contribution >= 4 is 5.97 Å². The van der Waals surface area contributed by atoms with Crippen molar-refractivity contribution in [2.75, 3.05) is 7.11 Å². The number of hydrogen-bond acceptors (Lipinski definition) is 3. The van der Waals surface area contributed by atoms with Crippen LogP contribution in [0.25, 0.3) is 0 Å². The van der Waals surface area contributed by atoms with Gasteiger partial charge in [-0.1, -0.05) is 18.2 Å². The van der Waals surface area contributed by atoms with Crippen LogP contribution < -0.4 is 4.74 Å². The smallest absolute Gasteiger partial charge is 0.336 e. The highest BCUT2D eigenvalue weighted by atomic mass is 19.1. The molecule has 0 radical (unpaired) electrons. The van der Waals surface area contributed by atoms with Gasteiger partial charge in [0.25, 0.3) is 0 Å². The van der Waals surface area contributed by atoms with Crippen molar-refractivity contribution in [1.82, 2.24) is 0 Å². The van der Waals surface area contributed by atoms with Crippen LogP contribution in [-0.2, 0) is 18.0 Å². The summed E-state index contributed by atoms with van der Waals surface area (Å²) in [5.74, 6) is -1.03. The van der Waals surface area contributed by atoms with Crippen LogP contribution in [-0.4, -0.2) is 18.2 Å². The van der Waals surface area contributed by atoms with E-state index >= 15 is 0 Å². The molecule has 110 valence electrons. The van der Waals surface area contributed by atoms with E-state index in [0.29, 0.717) is 12.2 Å². The molecule has 1 N–H and O–H groups in total. The molecule has 0 aliphatic heterocycles. The number of ether oxygens (including phenoxy) is 2. The monoisotopic (exact) mass is 290 g/mol. The van der Waals surface area contributed by atoms with Gasteiger partial charge in [0.15, 0.2) is 0 Å². The number of hydrogen-bond donors (Lipinski definition) is 1. The fraction of sp³-hybridized carbons (Fsp3) is 0.188. The van der Waals surface area contributed by atoms with Gasteiger partial charge in [-0.15, -0.1) is 0 Å². The topological polar surface area (TPSA) is 55.8 Å². The lowest BCUT2D eigenvalue weighted by molar-refractivity contribution is 0.0683. The Bertz CT molecular complexity index is 640. The lowest BCUT2D eigenvalue weighted by atomic mass is 10.1. The van der Waals surface area contributed by atoms with Crippen LogP contribution in [0.2, 0.25) is 0 Å². The van der Waals surface area contributed by atoms with E-state index in [2.05, 4.69) is 0 Å². The molecule has 0 aliphatic carbocycles. The maximum Gasteiger partial charge on any atom is 0.336 e.